The van der Waals surface area contributed by atoms with Crippen LogP contribution >= 0.6 is 0 Å². The lowest BCUT2D eigenvalue weighted by molar-refractivity contribution is -0.136. The summed E-state index contributed by atoms with van der Waals surface area (Å²) in [5, 5.41) is 6.83. The van der Waals surface area contributed by atoms with Gasteiger partial charge in [-0.2, -0.15) is 0 Å². The summed E-state index contributed by atoms with van der Waals surface area (Å²) in [6, 6.07) is 0. The standard InChI is InChI=1S/C7H13NO2/c1-5(2)4-7(9)10-6(3)8/h5,8H,4H2,1-3H3. The van der Waals surface area contributed by atoms with Crippen LogP contribution in [0, 0.1) is 11.3 Å². The van der Waals surface area contributed by atoms with Gasteiger partial charge < -0.3 is 4.74 Å². The highest BCUT2D eigenvalue weighted by Crippen LogP contribution is 2.00. The second kappa shape index (κ2) is 4.04. The van der Waals surface area contributed by atoms with Gasteiger partial charge in [0.1, 0.15) is 0 Å². The SMILES string of the molecule is CC(=N)OC(=O)CC(C)C. The lowest BCUT2D eigenvalue weighted by Crippen LogP contribution is -2.10. The van der Waals surface area contributed by atoms with Crippen LogP contribution in [0.4, 0.5) is 0 Å². The number of nitrogens with one attached hydrogen (secondary N) is 1. The molecule has 0 aliphatic rings. The zero-order valence-electron chi connectivity index (χ0n) is 6.60. The summed E-state index contributed by atoms with van der Waals surface area (Å²) < 4.78 is 4.51. The lowest BCUT2D eigenvalue weighted by atomic mass is 10.1. The maximum absolute atomic E-state index is 10.7. The van der Waals surface area contributed by atoms with Crippen molar-refractivity contribution in [3.05, 3.63) is 0 Å². The second-order valence-corrected chi connectivity index (χ2v) is 2.63. The van der Waals surface area contributed by atoms with Gasteiger partial charge in [-0.25, -0.2) is 0 Å². The number of carbonyl (C=O) groups excluding carboxylic acids is 1. The minimum Gasteiger partial charge on any atom is -0.412 e. The lowest BCUT2D eigenvalue weighted by Gasteiger charge is -2.02. The van der Waals surface area contributed by atoms with Crippen molar-refractivity contribution in [2.75, 3.05) is 0 Å². The van der Waals surface area contributed by atoms with Crippen LogP contribution in [0.2, 0.25) is 0 Å². The molecule has 1 N–H and O–H groups in total. The van der Waals surface area contributed by atoms with Crippen molar-refractivity contribution in [2.45, 2.75) is 27.2 Å². The second-order valence-electron chi connectivity index (χ2n) is 2.63. The van der Waals surface area contributed by atoms with Gasteiger partial charge in [0.15, 0.2) is 5.90 Å². The molecule has 0 saturated carbocycles. The first-order valence-electron chi connectivity index (χ1n) is 3.28. The fraction of sp³-hybridized carbons (Fsp3) is 0.714. The Kier molecular flexibility index (Phi) is 3.69. The molecule has 10 heavy (non-hydrogen) atoms. The van der Waals surface area contributed by atoms with E-state index in [-0.39, 0.29) is 11.9 Å². The molecule has 0 heterocycles. The van der Waals surface area contributed by atoms with Gasteiger partial charge in [0.25, 0.3) is 0 Å². The number of hydrogen-bond donors (Lipinski definition) is 1. The van der Waals surface area contributed by atoms with Gasteiger partial charge in [0, 0.05) is 13.3 Å². The molecule has 0 rings (SSSR count). The molecular weight excluding hydrogens is 130 g/mol. The average Bonchev–Trinajstić information content (AvgIpc) is 1.58. The van der Waals surface area contributed by atoms with Crippen LogP contribution in [0.5, 0.6) is 0 Å². The zero-order valence-corrected chi connectivity index (χ0v) is 6.60. The van der Waals surface area contributed by atoms with E-state index in [1.54, 1.807) is 0 Å². The minimum atomic E-state index is -0.317. The molecule has 0 aliphatic heterocycles. The number of carbonyl (C=O) groups is 1. The Bertz CT molecular complexity index is 141. The van der Waals surface area contributed by atoms with E-state index in [9.17, 15) is 4.79 Å². The number of esters is 1. The normalized spacial score (nSPS) is 9.60. The third-order valence-electron chi connectivity index (χ3n) is 0.842. The summed E-state index contributed by atoms with van der Waals surface area (Å²) in [7, 11) is 0. The maximum Gasteiger partial charge on any atom is 0.312 e. The van der Waals surface area contributed by atoms with Crippen LogP contribution in [0.1, 0.15) is 27.2 Å². The Balaban J connectivity index is 3.54. The molecule has 0 aliphatic carbocycles. The molecule has 3 nitrogen and oxygen atoms in total. The topological polar surface area (TPSA) is 50.1 Å². The summed E-state index contributed by atoms with van der Waals surface area (Å²) in [5.41, 5.74) is 0. The summed E-state index contributed by atoms with van der Waals surface area (Å²) in [6.45, 7) is 5.30. The van der Waals surface area contributed by atoms with E-state index < -0.39 is 0 Å². The van der Waals surface area contributed by atoms with Crippen LogP contribution in [-0.4, -0.2) is 11.9 Å². The fourth-order valence-electron chi connectivity index (χ4n) is 0.546. The van der Waals surface area contributed by atoms with E-state index in [0.717, 1.165) is 0 Å². The van der Waals surface area contributed by atoms with Gasteiger partial charge in [0.2, 0.25) is 0 Å². The van der Waals surface area contributed by atoms with Crippen molar-refractivity contribution < 1.29 is 9.53 Å². The summed E-state index contributed by atoms with van der Waals surface area (Å²) in [4.78, 5) is 10.7. The predicted molar refractivity (Wildman–Crippen MR) is 38.9 cm³/mol. The number of hydrogen-bond acceptors (Lipinski definition) is 3. The minimum absolute atomic E-state index is 0.0364. The van der Waals surface area contributed by atoms with Crippen molar-refractivity contribution in [3.8, 4) is 0 Å². The quantitative estimate of drug-likeness (QED) is 0.362. The van der Waals surface area contributed by atoms with E-state index in [0.29, 0.717) is 12.3 Å². The summed E-state index contributed by atoms with van der Waals surface area (Å²) in [6.07, 6.45) is 0.385. The Hall–Kier alpha value is -0.860. The first-order chi connectivity index (χ1) is 4.52. The third-order valence-corrected chi connectivity index (χ3v) is 0.842. The maximum atomic E-state index is 10.7. The zero-order chi connectivity index (χ0) is 8.15. The van der Waals surface area contributed by atoms with E-state index in [2.05, 4.69) is 4.74 Å². The van der Waals surface area contributed by atoms with Crippen LogP contribution in [0.3, 0.4) is 0 Å². The van der Waals surface area contributed by atoms with Gasteiger partial charge >= 0.3 is 5.97 Å². The molecule has 0 bridgehead atoms. The van der Waals surface area contributed by atoms with E-state index in [1.807, 2.05) is 13.8 Å². The van der Waals surface area contributed by atoms with E-state index in [1.165, 1.54) is 6.92 Å². The number of ether oxygens (including phenoxy) is 1. The Morgan fingerprint density at radius 2 is 2.10 bits per heavy atom. The largest absolute Gasteiger partial charge is 0.412 e. The predicted octanol–water partition coefficient (Wildman–Crippen LogP) is 1.57. The molecular formula is C7H13NO2. The van der Waals surface area contributed by atoms with Gasteiger partial charge in [-0.1, -0.05) is 13.8 Å². The summed E-state index contributed by atoms with van der Waals surface area (Å²) >= 11 is 0. The molecule has 0 amide bonds. The van der Waals surface area contributed by atoms with Gasteiger partial charge in [-0.05, 0) is 5.92 Å². The smallest absolute Gasteiger partial charge is 0.312 e. The highest BCUT2D eigenvalue weighted by Gasteiger charge is 2.05. The monoisotopic (exact) mass is 143 g/mol. The highest BCUT2D eigenvalue weighted by atomic mass is 16.5. The van der Waals surface area contributed by atoms with Crippen molar-refractivity contribution >= 4 is 11.9 Å². The number of rotatable bonds is 2. The molecule has 0 aromatic heterocycles. The van der Waals surface area contributed by atoms with Crippen molar-refractivity contribution in [1.82, 2.24) is 0 Å². The molecule has 0 aromatic carbocycles. The third kappa shape index (κ3) is 5.28. The molecule has 58 valence electrons. The van der Waals surface area contributed by atoms with Crippen molar-refractivity contribution in [3.63, 3.8) is 0 Å². The van der Waals surface area contributed by atoms with Gasteiger partial charge in [-0.15, -0.1) is 0 Å². The molecule has 3 heteroatoms. The summed E-state index contributed by atoms with van der Waals surface area (Å²) in [5.74, 6) is -0.0556. The van der Waals surface area contributed by atoms with Crippen LogP contribution in [0.25, 0.3) is 0 Å². The Morgan fingerprint density at radius 1 is 1.60 bits per heavy atom. The first kappa shape index (κ1) is 9.14. The molecule has 0 atom stereocenters. The highest BCUT2D eigenvalue weighted by molar-refractivity contribution is 5.85. The van der Waals surface area contributed by atoms with Crippen LogP contribution < -0.4 is 0 Å². The van der Waals surface area contributed by atoms with Crippen LogP contribution in [-0.2, 0) is 9.53 Å². The molecule has 0 fully saturated rings. The molecule has 0 aromatic rings. The van der Waals surface area contributed by atoms with Crippen molar-refractivity contribution in [2.24, 2.45) is 5.92 Å². The molecule has 0 unspecified atom stereocenters. The van der Waals surface area contributed by atoms with Gasteiger partial charge in [-0.3, -0.25) is 10.2 Å². The average molecular weight is 143 g/mol. The molecule has 0 spiro atoms. The Labute approximate surface area is 60.9 Å². The molecule has 0 saturated heterocycles. The van der Waals surface area contributed by atoms with Crippen molar-refractivity contribution in [1.29, 1.82) is 5.41 Å². The van der Waals surface area contributed by atoms with E-state index in [4.69, 9.17) is 5.41 Å². The Morgan fingerprint density at radius 3 is 2.40 bits per heavy atom. The fourth-order valence-corrected chi connectivity index (χ4v) is 0.546. The molecule has 0 radical (unpaired) electrons. The van der Waals surface area contributed by atoms with Gasteiger partial charge in [0.05, 0.1) is 0 Å². The first-order valence-corrected chi connectivity index (χ1v) is 3.28. The van der Waals surface area contributed by atoms with E-state index >= 15 is 0 Å². The van der Waals surface area contributed by atoms with Crippen LogP contribution in [0.15, 0.2) is 0 Å².